The predicted octanol–water partition coefficient (Wildman–Crippen LogP) is 9.03. The lowest BCUT2D eigenvalue weighted by Gasteiger charge is -2.46. The van der Waals surface area contributed by atoms with Crippen molar-refractivity contribution in [3.05, 3.63) is 119 Å². The standard InChI is InChI=1S/C44H51NO6/c1-5-25-45(42(48)51-37-20-14-32-10-6-7-11-34(32)28-37)29-44(49)24-22-40-38-21-13-31(26-35(46)17-12-30(2)9-8-23-43(40,44)3)27-39(38)41(47)33-15-18-36(50-4)19-16-33/h6-7,9-11,13-16,18-21,27-28,35,40,46,49H,5,8,12,17,22-26,29H2,1-4H3. The summed E-state index contributed by atoms with van der Waals surface area (Å²) in [6, 6.07) is 26.7. The molecular formula is C44H51NO6. The van der Waals surface area contributed by atoms with Crippen molar-refractivity contribution in [2.75, 3.05) is 20.2 Å². The fourth-order valence-electron chi connectivity index (χ4n) is 8.31. The van der Waals surface area contributed by atoms with Gasteiger partial charge < -0.3 is 24.6 Å². The summed E-state index contributed by atoms with van der Waals surface area (Å²) in [6.45, 7) is 6.81. The van der Waals surface area contributed by atoms with Gasteiger partial charge in [-0.2, -0.15) is 0 Å². The van der Waals surface area contributed by atoms with Gasteiger partial charge in [0.25, 0.3) is 0 Å². The Labute approximate surface area is 301 Å². The number of allylic oxidation sites excluding steroid dienone is 2. The van der Waals surface area contributed by atoms with Crippen molar-refractivity contribution in [3.63, 3.8) is 0 Å². The highest BCUT2D eigenvalue weighted by atomic mass is 16.6. The summed E-state index contributed by atoms with van der Waals surface area (Å²) in [6.07, 6.45) is 6.28. The fraction of sp³-hybridized carbons (Fsp3) is 0.409. The lowest BCUT2D eigenvalue weighted by Crippen LogP contribution is -2.54. The second-order valence-electron chi connectivity index (χ2n) is 14.8. The van der Waals surface area contributed by atoms with E-state index in [9.17, 15) is 19.8 Å². The van der Waals surface area contributed by atoms with Crippen LogP contribution in [0.1, 0.15) is 98.7 Å². The van der Waals surface area contributed by atoms with Crippen molar-refractivity contribution in [1.29, 1.82) is 0 Å². The Balaban J connectivity index is 1.37. The number of carbonyl (C=O) groups excluding carboxylic acids is 2. The highest BCUT2D eigenvalue weighted by molar-refractivity contribution is 6.10. The molecule has 0 radical (unpaired) electrons. The van der Waals surface area contributed by atoms with Gasteiger partial charge in [0, 0.05) is 23.1 Å². The minimum absolute atomic E-state index is 0.101. The Morgan fingerprint density at radius 2 is 1.67 bits per heavy atom. The molecule has 1 amide bonds. The van der Waals surface area contributed by atoms with Crippen LogP contribution in [-0.4, -0.2) is 58.9 Å². The molecule has 7 rings (SSSR count). The number of benzene rings is 4. The van der Waals surface area contributed by atoms with Crippen molar-refractivity contribution in [3.8, 4) is 11.5 Å². The van der Waals surface area contributed by atoms with Crippen LogP contribution in [0.5, 0.6) is 11.5 Å². The third-order valence-corrected chi connectivity index (χ3v) is 11.4. The number of rotatable bonds is 8. The molecule has 0 spiro atoms. The van der Waals surface area contributed by atoms with E-state index in [-0.39, 0.29) is 18.2 Å². The van der Waals surface area contributed by atoms with Crippen LogP contribution in [-0.2, 0) is 6.42 Å². The highest BCUT2D eigenvalue weighted by Gasteiger charge is 2.57. The third kappa shape index (κ3) is 7.75. The van der Waals surface area contributed by atoms with Gasteiger partial charge in [-0.3, -0.25) is 4.79 Å². The van der Waals surface area contributed by atoms with Crippen LogP contribution in [0.25, 0.3) is 10.8 Å². The molecular weight excluding hydrogens is 638 g/mol. The van der Waals surface area contributed by atoms with Crippen molar-refractivity contribution < 1.29 is 29.3 Å². The molecule has 7 heteroatoms. The van der Waals surface area contributed by atoms with Crippen LogP contribution in [0, 0.1) is 5.41 Å². The molecule has 0 heterocycles. The molecule has 0 aliphatic heterocycles. The van der Waals surface area contributed by atoms with Gasteiger partial charge in [0.15, 0.2) is 5.78 Å². The molecule has 4 unspecified atom stereocenters. The Morgan fingerprint density at radius 1 is 0.922 bits per heavy atom. The summed E-state index contributed by atoms with van der Waals surface area (Å²) in [5.41, 5.74) is 2.23. The first-order valence-electron chi connectivity index (χ1n) is 18.4. The largest absolute Gasteiger partial charge is 0.497 e. The SMILES string of the molecule is CCCN(CC1(O)CCC2c3ccc(cc3C(=O)c3ccc(OC)cc3)CC(O)CCC(C)=CCCC21C)C(=O)Oc1ccc2ccccc2c1. The molecule has 3 aliphatic carbocycles. The van der Waals surface area contributed by atoms with Gasteiger partial charge in [-0.15, -0.1) is 0 Å². The minimum atomic E-state index is -1.25. The van der Waals surface area contributed by atoms with E-state index < -0.39 is 23.2 Å². The van der Waals surface area contributed by atoms with Gasteiger partial charge in [0.2, 0.25) is 0 Å². The number of carbonyl (C=O) groups is 2. The molecule has 51 heavy (non-hydrogen) atoms. The Kier molecular flexibility index (Phi) is 11.0. The zero-order valence-corrected chi connectivity index (χ0v) is 30.4. The minimum Gasteiger partial charge on any atom is -0.497 e. The number of aliphatic hydroxyl groups is 2. The van der Waals surface area contributed by atoms with Crippen molar-refractivity contribution in [2.45, 2.75) is 89.8 Å². The molecule has 1 saturated carbocycles. The second kappa shape index (κ2) is 15.4. The van der Waals surface area contributed by atoms with E-state index in [0.29, 0.717) is 67.7 Å². The molecule has 4 atom stereocenters. The number of methoxy groups -OCH3 is 1. The lowest BCUT2D eigenvalue weighted by molar-refractivity contribution is -0.0790. The molecule has 0 aromatic heterocycles. The van der Waals surface area contributed by atoms with Gasteiger partial charge in [0.1, 0.15) is 11.5 Å². The van der Waals surface area contributed by atoms with Crippen LogP contribution in [0.2, 0.25) is 0 Å². The number of amides is 1. The van der Waals surface area contributed by atoms with Crippen LogP contribution in [0.3, 0.4) is 0 Å². The first-order valence-corrected chi connectivity index (χ1v) is 18.4. The Morgan fingerprint density at radius 3 is 2.41 bits per heavy atom. The van der Waals surface area contributed by atoms with Crippen LogP contribution >= 0.6 is 0 Å². The van der Waals surface area contributed by atoms with Crippen molar-refractivity contribution in [1.82, 2.24) is 4.90 Å². The number of nitrogens with zero attached hydrogens (tertiary/aromatic N) is 1. The van der Waals surface area contributed by atoms with Gasteiger partial charge in [-0.25, -0.2) is 4.79 Å². The van der Waals surface area contributed by atoms with E-state index >= 15 is 0 Å². The maximum atomic E-state index is 14.3. The average molecular weight is 690 g/mol. The van der Waals surface area contributed by atoms with E-state index in [1.807, 2.05) is 67.6 Å². The molecule has 0 saturated heterocycles. The highest BCUT2D eigenvalue weighted by Crippen LogP contribution is 2.59. The molecule has 2 N–H and O–H groups in total. The summed E-state index contributed by atoms with van der Waals surface area (Å²) in [4.78, 5) is 29.8. The first-order chi connectivity index (χ1) is 24.5. The fourth-order valence-corrected chi connectivity index (χ4v) is 8.31. The van der Waals surface area contributed by atoms with Crippen LogP contribution < -0.4 is 9.47 Å². The van der Waals surface area contributed by atoms with Gasteiger partial charge in [0.05, 0.1) is 25.4 Å². The molecule has 2 bridgehead atoms. The van der Waals surface area contributed by atoms with Gasteiger partial charge in [-0.1, -0.05) is 68.0 Å². The van der Waals surface area contributed by atoms with E-state index in [1.165, 1.54) is 5.57 Å². The second-order valence-corrected chi connectivity index (χ2v) is 14.8. The number of hydrogen-bond donors (Lipinski definition) is 2. The van der Waals surface area contributed by atoms with E-state index in [2.05, 4.69) is 19.9 Å². The predicted molar refractivity (Wildman–Crippen MR) is 202 cm³/mol. The third-order valence-electron chi connectivity index (χ3n) is 11.4. The summed E-state index contributed by atoms with van der Waals surface area (Å²) < 4.78 is 11.3. The maximum absolute atomic E-state index is 14.3. The summed E-state index contributed by atoms with van der Waals surface area (Å²) in [5.74, 6) is 0.880. The number of ketones is 1. The quantitative estimate of drug-likeness (QED) is 0.142. The van der Waals surface area contributed by atoms with Crippen molar-refractivity contribution >= 4 is 22.6 Å². The van der Waals surface area contributed by atoms with E-state index in [0.717, 1.165) is 34.7 Å². The molecule has 4 aromatic rings. The van der Waals surface area contributed by atoms with Crippen molar-refractivity contribution in [2.24, 2.45) is 5.41 Å². The van der Waals surface area contributed by atoms with E-state index in [1.54, 1.807) is 36.3 Å². The zero-order chi connectivity index (χ0) is 36.2. The number of hydrogen-bond acceptors (Lipinski definition) is 6. The van der Waals surface area contributed by atoms with Crippen LogP contribution in [0.4, 0.5) is 4.79 Å². The molecule has 1 fully saturated rings. The van der Waals surface area contributed by atoms with E-state index in [4.69, 9.17) is 9.47 Å². The zero-order valence-electron chi connectivity index (χ0n) is 30.4. The van der Waals surface area contributed by atoms with Gasteiger partial charge in [-0.05, 0) is 129 Å². The normalized spacial score (nSPS) is 23.6. The maximum Gasteiger partial charge on any atom is 0.415 e. The lowest BCUT2D eigenvalue weighted by atomic mass is 9.64. The Hall–Kier alpha value is -4.46. The monoisotopic (exact) mass is 689 g/mol. The summed E-state index contributed by atoms with van der Waals surface area (Å²) >= 11 is 0. The molecule has 3 aliphatic rings. The number of fused-ring (bicyclic) bond motifs is 9. The molecule has 268 valence electrons. The molecule has 4 aromatic carbocycles. The van der Waals surface area contributed by atoms with Crippen LogP contribution in [0.15, 0.2) is 96.6 Å². The smallest absolute Gasteiger partial charge is 0.415 e. The number of aliphatic hydroxyl groups excluding tert-OH is 1. The summed E-state index contributed by atoms with van der Waals surface area (Å²) in [5, 5.41) is 25.9. The topological polar surface area (TPSA) is 96.3 Å². The van der Waals surface area contributed by atoms with Gasteiger partial charge >= 0.3 is 6.09 Å². The molecule has 7 nitrogen and oxygen atoms in total. The Bertz CT molecular complexity index is 1900. The average Bonchev–Trinajstić information content (AvgIpc) is 3.38. The first kappa shape index (κ1) is 36.3. The number of ether oxygens (including phenoxy) is 2. The summed E-state index contributed by atoms with van der Waals surface area (Å²) in [7, 11) is 1.60.